The summed E-state index contributed by atoms with van der Waals surface area (Å²) in [5.74, 6) is 0.801. The van der Waals surface area contributed by atoms with Crippen molar-refractivity contribution in [3.05, 3.63) is 105 Å². The van der Waals surface area contributed by atoms with E-state index in [0.29, 0.717) is 17.4 Å². The number of nitrogens with one attached hydrogen (secondary N) is 1. The first-order valence-electron chi connectivity index (χ1n) is 10.3. The minimum atomic E-state index is -0.119. The van der Waals surface area contributed by atoms with Gasteiger partial charge in [-0.25, -0.2) is 4.98 Å². The van der Waals surface area contributed by atoms with Gasteiger partial charge in [-0.15, -0.1) is 11.3 Å². The largest absolute Gasteiger partial charge is 0.312 e. The average molecular weight is 489 g/mol. The van der Waals surface area contributed by atoms with Gasteiger partial charge in [0.05, 0.1) is 5.01 Å². The Labute approximate surface area is 194 Å². The lowest BCUT2D eigenvalue weighted by Gasteiger charge is -2.06. The molecule has 3 aromatic carbocycles. The summed E-state index contributed by atoms with van der Waals surface area (Å²) in [6.45, 7) is 2.07. The molecule has 4 aromatic rings. The van der Waals surface area contributed by atoms with Crippen molar-refractivity contribution < 1.29 is 4.79 Å². The highest BCUT2D eigenvalue weighted by atomic mass is 79.9. The molecule has 1 aliphatic carbocycles. The quantitative estimate of drug-likeness (QED) is 0.317. The maximum atomic E-state index is 12.9. The van der Waals surface area contributed by atoms with Crippen LogP contribution in [0.1, 0.15) is 44.7 Å². The van der Waals surface area contributed by atoms with Crippen LogP contribution in [0.3, 0.4) is 0 Å². The lowest BCUT2D eigenvalue weighted by molar-refractivity contribution is 0.102. The van der Waals surface area contributed by atoms with E-state index in [4.69, 9.17) is 4.98 Å². The molecule has 3 nitrogen and oxygen atoms in total. The Balaban J connectivity index is 1.46. The van der Waals surface area contributed by atoms with Crippen molar-refractivity contribution in [3.8, 4) is 11.3 Å². The summed E-state index contributed by atoms with van der Waals surface area (Å²) in [4.78, 5) is 17.9. The van der Waals surface area contributed by atoms with Crippen LogP contribution in [0.5, 0.6) is 0 Å². The van der Waals surface area contributed by atoms with Gasteiger partial charge in [-0.05, 0) is 49.1 Å². The minimum Gasteiger partial charge on any atom is -0.312 e. The van der Waals surface area contributed by atoms with Gasteiger partial charge in [0.25, 0.3) is 5.91 Å². The van der Waals surface area contributed by atoms with E-state index in [1.165, 1.54) is 11.1 Å². The zero-order valence-corrected chi connectivity index (χ0v) is 19.4. The van der Waals surface area contributed by atoms with E-state index < -0.39 is 0 Å². The van der Waals surface area contributed by atoms with Crippen LogP contribution < -0.4 is 5.32 Å². The smallest absolute Gasteiger partial charge is 0.256 e. The van der Waals surface area contributed by atoms with Crippen LogP contribution in [0.4, 0.5) is 5.00 Å². The Morgan fingerprint density at radius 1 is 0.968 bits per heavy atom. The Morgan fingerprint density at radius 3 is 2.39 bits per heavy atom. The maximum Gasteiger partial charge on any atom is 0.256 e. The number of carbonyl (C=O) groups excluding carboxylic acids is 1. The Bertz CT molecular complexity index is 1220. The fourth-order valence-electron chi connectivity index (χ4n) is 3.80. The van der Waals surface area contributed by atoms with E-state index in [1.54, 1.807) is 11.3 Å². The molecule has 1 fully saturated rings. The SMILES string of the molecule is Cc1ccc(-c2nc(C3CC3c3ccccc3)sc2NC(=O)c2ccc(Br)cc2)cc1. The van der Waals surface area contributed by atoms with Gasteiger partial charge in [0, 0.05) is 21.5 Å². The summed E-state index contributed by atoms with van der Waals surface area (Å²) in [6, 6.07) is 26.3. The third kappa shape index (κ3) is 4.34. The first kappa shape index (κ1) is 20.2. The van der Waals surface area contributed by atoms with Gasteiger partial charge in [0.15, 0.2) is 0 Å². The Kier molecular flexibility index (Phi) is 5.47. The topological polar surface area (TPSA) is 42.0 Å². The zero-order chi connectivity index (χ0) is 21.4. The summed E-state index contributed by atoms with van der Waals surface area (Å²) < 4.78 is 0.949. The first-order valence-corrected chi connectivity index (χ1v) is 11.9. The second kappa shape index (κ2) is 8.40. The van der Waals surface area contributed by atoms with Crippen LogP contribution in [0.2, 0.25) is 0 Å². The number of hydrogen-bond acceptors (Lipinski definition) is 3. The fourth-order valence-corrected chi connectivity index (χ4v) is 5.23. The first-order chi connectivity index (χ1) is 15.1. The fraction of sp³-hybridized carbons (Fsp3) is 0.154. The number of aromatic nitrogens is 1. The molecule has 0 radical (unpaired) electrons. The lowest BCUT2D eigenvalue weighted by Crippen LogP contribution is -2.11. The average Bonchev–Trinajstić information content (AvgIpc) is 3.49. The molecule has 154 valence electrons. The predicted octanol–water partition coefficient (Wildman–Crippen LogP) is 7.40. The zero-order valence-electron chi connectivity index (χ0n) is 17.0. The highest BCUT2D eigenvalue weighted by Gasteiger charge is 2.42. The van der Waals surface area contributed by atoms with Crippen LogP contribution in [0, 0.1) is 6.92 Å². The molecular formula is C26H21BrN2OS. The number of carbonyl (C=O) groups is 1. The molecule has 2 unspecified atom stereocenters. The number of amides is 1. The molecule has 1 heterocycles. The van der Waals surface area contributed by atoms with E-state index in [2.05, 4.69) is 82.8 Å². The van der Waals surface area contributed by atoms with Crippen molar-refractivity contribution >= 4 is 38.2 Å². The van der Waals surface area contributed by atoms with Gasteiger partial charge in [-0.1, -0.05) is 76.1 Å². The van der Waals surface area contributed by atoms with Gasteiger partial charge < -0.3 is 5.32 Å². The van der Waals surface area contributed by atoms with E-state index in [1.807, 2.05) is 24.3 Å². The molecule has 2 atom stereocenters. The van der Waals surface area contributed by atoms with Crippen molar-refractivity contribution in [1.82, 2.24) is 4.98 Å². The van der Waals surface area contributed by atoms with Crippen molar-refractivity contribution in [1.29, 1.82) is 0 Å². The molecule has 1 amide bonds. The van der Waals surface area contributed by atoms with E-state index in [0.717, 1.165) is 32.2 Å². The van der Waals surface area contributed by atoms with Crippen molar-refractivity contribution in [2.24, 2.45) is 0 Å². The molecular weight excluding hydrogens is 468 g/mol. The molecule has 0 saturated heterocycles. The molecule has 1 saturated carbocycles. The summed E-state index contributed by atoms with van der Waals surface area (Å²) in [5, 5.41) is 5.02. The molecule has 0 aliphatic heterocycles. The highest BCUT2D eigenvalue weighted by Crippen LogP contribution is 2.56. The molecule has 5 rings (SSSR count). The number of hydrogen-bond donors (Lipinski definition) is 1. The molecule has 31 heavy (non-hydrogen) atoms. The minimum absolute atomic E-state index is 0.119. The monoisotopic (exact) mass is 488 g/mol. The van der Waals surface area contributed by atoms with Crippen LogP contribution >= 0.6 is 27.3 Å². The number of benzene rings is 3. The summed E-state index contributed by atoms with van der Waals surface area (Å²) in [6.07, 6.45) is 1.10. The molecule has 1 N–H and O–H groups in total. The van der Waals surface area contributed by atoms with E-state index >= 15 is 0 Å². The number of halogens is 1. The molecule has 0 spiro atoms. The van der Waals surface area contributed by atoms with Crippen LogP contribution in [-0.4, -0.2) is 10.9 Å². The van der Waals surface area contributed by atoms with Crippen molar-refractivity contribution in [2.45, 2.75) is 25.2 Å². The second-order valence-corrected chi connectivity index (χ2v) is 9.86. The summed E-state index contributed by atoms with van der Waals surface area (Å²) in [7, 11) is 0. The van der Waals surface area contributed by atoms with Gasteiger partial charge in [-0.3, -0.25) is 4.79 Å². The molecule has 0 bridgehead atoms. The second-order valence-electron chi connectivity index (χ2n) is 7.92. The van der Waals surface area contributed by atoms with Crippen LogP contribution in [-0.2, 0) is 0 Å². The maximum absolute atomic E-state index is 12.9. The summed E-state index contributed by atoms with van der Waals surface area (Å²) in [5.41, 5.74) is 5.06. The van der Waals surface area contributed by atoms with Gasteiger partial charge in [0.2, 0.25) is 0 Å². The third-order valence-corrected chi connectivity index (χ3v) is 7.27. The number of nitrogens with zero attached hydrogens (tertiary/aromatic N) is 1. The Morgan fingerprint density at radius 2 is 1.68 bits per heavy atom. The van der Waals surface area contributed by atoms with Crippen LogP contribution in [0.25, 0.3) is 11.3 Å². The molecule has 5 heteroatoms. The predicted molar refractivity (Wildman–Crippen MR) is 131 cm³/mol. The van der Waals surface area contributed by atoms with Crippen LogP contribution in [0.15, 0.2) is 83.3 Å². The lowest BCUT2D eigenvalue weighted by atomic mass is 10.1. The number of aryl methyl sites for hydroxylation is 1. The van der Waals surface area contributed by atoms with E-state index in [-0.39, 0.29) is 5.91 Å². The number of thiazole rings is 1. The number of anilines is 1. The summed E-state index contributed by atoms with van der Waals surface area (Å²) >= 11 is 5.02. The standard InChI is InChI=1S/C26H21BrN2OS/c1-16-7-9-18(10-8-16)23-26(29-24(30)19-11-13-20(27)14-12-19)31-25(28-23)22-15-21(22)17-5-3-2-4-6-17/h2-14,21-22H,15H2,1H3,(H,29,30). The molecule has 1 aliphatic rings. The van der Waals surface area contributed by atoms with Gasteiger partial charge >= 0.3 is 0 Å². The van der Waals surface area contributed by atoms with Gasteiger partial charge in [0.1, 0.15) is 10.7 Å². The van der Waals surface area contributed by atoms with Gasteiger partial charge in [-0.2, -0.15) is 0 Å². The van der Waals surface area contributed by atoms with Crippen molar-refractivity contribution in [2.75, 3.05) is 5.32 Å². The van der Waals surface area contributed by atoms with Crippen molar-refractivity contribution in [3.63, 3.8) is 0 Å². The Hall–Kier alpha value is -2.76. The third-order valence-electron chi connectivity index (χ3n) is 5.64. The normalized spacial score (nSPS) is 17.4. The molecule has 1 aromatic heterocycles. The van der Waals surface area contributed by atoms with E-state index in [9.17, 15) is 4.79 Å². The number of rotatable bonds is 5. The highest BCUT2D eigenvalue weighted by molar-refractivity contribution is 9.10.